The molecule has 1 fully saturated rings. The smallest absolute Gasteiger partial charge is 0.393 e. The number of aliphatic hydroxyl groups is 1. The van der Waals surface area contributed by atoms with E-state index < -0.39 is 11.7 Å². The van der Waals surface area contributed by atoms with Gasteiger partial charge in [0, 0.05) is 18.8 Å². The predicted molar refractivity (Wildman–Crippen MR) is 71.8 cm³/mol. The summed E-state index contributed by atoms with van der Waals surface area (Å²) in [6.07, 6.45) is -3.42. The third kappa shape index (κ3) is 4.71. The molecule has 7 heteroatoms. The zero-order chi connectivity index (χ0) is 15.5. The minimum absolute atomic E-state index is 0.174. The van der Waals surface area contributed by atoms with Crippen LogP contribution in [0.15, 0.2) is 24.3 Å². The molecule has 2 N–H and O–H groups in total. The summed E-state index contributed by atoms with van der Waals surface area (Å²) in [6, 6.07) is 4.35. The Morgan fingerprint density at radius 3 is 2.33 bits per heavy atom. The largest absolute Gasteiger partial charge is 0.416 e. The lowest BCUT2D eigenvalue weighted by Gasteiger charge is -2.28. The molecule has 1 amide bonds. The molecule has 0 aromatic heterocycles. The maximum atomic E-state index is 12.4. The van der Waals surface area contributed by atoms with Gasteiger partial charge in [0.25, 0.3) is 0 Å². The van der Waals surface area contributed by atoms with E-state index in [1.807, 2.05) is 4.90 Å². The van der Waals surface area contributed by atoms with Crippen LogP contribution < -0.4 is 5.32 Å². The van der Waals surface area contributed by atoms with Gasteiger partial charge in [-0.3, -0.25) is 9.69 Å². The van der Waals surface area contributed by atoms with Crippen molar-refractivity contribution in [3.8, 4) is 0 Å². The van der Waals surface area contributed by atoms with Gasteiger partial charge in [0.15, 0.2) is 0 Å². The highest BCUT2D eigenvalue weighted by Crippen LogP contribution is 2.29. The van der Waals surface area contributed by atoms with Gasteiger partial charge in [-0.1, -0.05) is 0 Å². The van der Waals surface area contributed by atoms with Crippen LogP contribution in [0.4, 0.5) is 18.9 Å². The molecule has 1 aromatic carbocycles. The van der Waals surface area contributed by atoms with Crippen molar-refractivity contribution < 1.29 is 23.1 Å². The Morgan fingerprint density at radius 1 is 1.24 bits per heavy atom. The molecule has 0 unspecified atom stereocenters. The highest BCUT2D eigenvalue weighted by molar-refractivity contribution is 5.92. The van der Waals surface area contributed by atoms with Crippen LogP contribution in [-0.2, 0) is 11.0 Å². The average Bonchev–Trinajstić information content (AvgIpc) is 2.41. The summed E-state index contributed by atoms with van der Waals surface area (Å²) in [5.74, 6) is -0.272. The maximum Gasteiger partial charge on any atom is 0.416 e. The summed E-state index contributed by atoms with van der Waals surface area (Å²) < 4.78 is 37.2. The van der Waals surface area contributed by atoms with Crippen molar-refractivity contribution in [1.82, 2.24) is 4.90 Å². The molecule has 1 aliphatic rings. The van der Waals surface area contributed by atoms with E-state index in [1.54, 1.807) is 0 Å². The number of benzene rings is 1. The van der Waals surface area contributed by atoms with Crippen LogP contribution in [0.3, 0.4) is 0 Å². The van der Waals surface area contributed by atoms with E-state index in [0.29, 0.717) is 31.6 Å². The van der Waals surface area contributed by atoms with E-state index in [9.17, 15) is 23.1 Å². The molecule has 0 bridgehead atoms. The fraction of sp³-hybridized carbons (Fsp3) is 0.500. The van der Waals surface area contributed by atoms with Crippen LogP contribution in [0, 0.1) is 0 Å². The molecular formula is C14H17F3N2O2. The average molecular weight is 302 g/mol. The first-order valence-electron chi connectivity index (χ1n) is 6.72. The first-order valence-corrected chi connectivity index (χ1v) is 6.72. The summed E-state index contributed by atoms with van der Waals surface area (Å²) in [5, 5.41) is 11.9. The van der Waals surface area contributed by atoms with Gasteiger partial charge >= 0.3 is 6.18 Å². The second-order valence-electron chi connectivity index (χ2n) is 5.13. The third-order valence-electron chi connectivity index (χ3n) is 3.42. The van der Waals surface area contributed by atoms with Crippen LogP contribution in [0.5, 0.6) is 0 Å². The standard InChI is InChI=1S/C14H17F3N2O2/c15-14(16,17)10-1-3-11(4-2-10)18-13(21)9-19-7-5-12(20)6-8-19/h1-4,12,20H,5-9H2,(H,18,21). The number of rotatable bonds is 3. The summed E-state index contributed by atoms with van der Waals surface area (Å²) in [4.78, 5) is 13.7. The quantitative estimate of drug-likeness (QED) is 0.899. The molecule has 0 aliphatic carbocycles. The minimum atomic E-state index is -4.38. The highest BCUT2D eigenvalue weighted by Gasteiger charge is 2.30. The molecule has 0 radical (unpaired) electrons. The van der Waals surface area contributed by atoms with E-state index in [0.717, 1.165) is 12.1 Å². The second kappa shape index (κ2) is 6.44. The lowest BCUT2D eigenvalue weighted by atomic mass is 10.1. The van der Waals surface area contributed by atoms with Gasteiger partial charge < -0.3 is 10.4 Å². The molecule has 4 nitrogen and oxygen atoms in total. The van der Waals surface area contributed by atoms with Crippen LogP contribution in [-0.4, -0.2) is 41.7 Å². The minimum Gasteiger partial charge on any atom is -0.393 e. The second-order valence-corrected chi connectivity index (χ2v) is 5.13. The maximum absolute atomic E-state index is 12.4. The van der Waals surface area contributed by atoms with Crippen molar-refractivity contribution in [1.29, 1.82) is 0 Å². The van der Waals surface area contributed by atoms with Crippen molar-refractivity contribution in [3.63, 3.8) is 0 Å². The van der Waals surface area contributed by atoms with Crippen LogP contribution in [0.2, 0.25) is 0 Å². The van der Waals surface area contributed by atoms with Gasteiger partial charge in [0.05, 0.1) is 18.2 Å². The monoisotopic (exact) mass is 302 g/mol. The van der Waals surface area contributed by atoms with Gasteiger partial charge in [-0.05, 0) is 37.1 Å². The lowest BCUT2D eigenvalue weighted by Crippen LogP contribution is -2.40. The third-order valence-corrected chi connectivity index (χ3v) is 3.42. The topological polar surface area (TPSA) is 52.6 Å². The number of halogens is 3. The number of hydrogen-bond acceptors (Lipinski definition) is 3. The number of piperidine rings is 1. The molecule has 0 atom stereocenters. The molecule has 2 rings (SSSR count). The summed E-state index contributed by atoms with van der Waals surface area (Å²) >= 11 is 0. The van der Waals surface area contributed by atoms with Crippen molar-refractivity contribution in [2.24, 2.45) is 0 Å². The van der Waals surface area contributed by atoms with E-state index in [-0.39, 0.29) is 18.6 Å². The van der Waals surface area contributed by atoms with Crippen molar-refractivity contribution in [3.05, 3.63) is 29.8 Å². The molecule has 1 aromatic rings. The van der Waals surface area contributed by atoms with Gasteiger partial charge in [0.1, 0.15) is 0 Å². The van der Waals surface area contributed by atoms with Crippen LogP contribution in [0.1, 0.15) is 18.4 Å². The Balaban J connectivity index is 1.85. The fourth-order valence-electron chi connectivity index (χ4n) is 2.22. The summed E-state index contributed by atoms with van der Waals surface area (Å²) in [6.45, 7) is 1.46. The number of carbonyl (C=O) groups is 1. The highest BCUT2D eigenvalue weighted by atomic mass is 19.4. The molecular weight excluding hydrogens is 285 g/mol. The molecule has 0 saturated carbocycles. The Bertz CT molecular complexity index is 480. The van der Waals surface area contributed by atoms with E-state index in [1.165, 1.54) is 12.1 Å². The van der Waals surface area contributed by atoms with Gasteiger partial charge in [-0.15, -0.1) is 0 Å². The number of nitrogens with zero attached hydrogens (tertiary/aromatic N) is 1. The number of hydrogen-bond donors (Lipinski definition) is 2. The summed E-state index contributed by atoms with van der Waals surface area (Å²) in [7, 11) is 0. The Labute approximate surface area is 120 Å². The normalized spacial score (nSPS) is 17.7. The predicted octanol–water partition coefficient (Wildman–Crippen LogP) is 2.10. The fourth-order valence-corrected chi connectivity index (χ4v) is 2.22. The van der Waals surface area contributed by atoms with E-state index in [2.05, 4.69) is 5.32 Å². The van der Waals surface area contributed by atoms with Crippen molar-refractivity contribution in [2.45, 2.75) is 25.1 Å². The SMILES string of the molecule is O=C(CN1CCC(O)CC1)Nc1ccc(C(F)(F)F)cc1. The molecule has 1 saturated heterocycles. The Kier molecular flexibility index (Phi) is 4.84. The number of alkyl halides is 3. The van der Waals surface area contributed by atoms with Gasteiger partial charge in [-0.25, -0.2) is 0 Å². The van der Waals surface area contributed by atoms with Gasteiger partial charge in [0.2, 0.25) is 5.91 Å². The molecule has 21 heavy (non-hydrogen) atoms. The lowest BCUT2D eigenvalue weighted by molar-refractivity contribution is -0.137. The summed E-state index contributed by atoms with van der Waals surface area (Å²) in [5.41, 5.74) is -0.407. The van der Waals surface area contributed by atoms with E-state index in [4.69, 9.17) is 0 Å². The number of likely N-dealkylation sites (tertiary alicyclic amines) is 1. The molecule has 116 valence electrons. The van der Waals surface area contributed by atoms with Gasteiger partial charge in [-0.2, -0.15) is 13.2 Å². The number of amides is 1. The number of anilines is 1. The number of nitrogens with one attached hydrogen (secondary N) is 1. The van der Waals surface area contributed by atoms with E-state index >= 15 is 0 Å². The molecule has 1 heterocycles. The van der Waals surface area contributed by atoms with Crippen LogP contribution in [0.25, 0.3) is 0 Å². The zero-order valence-electron chi connectivity index (χ0n) is 11.4. The van der Waals surface area contributed by atoms with Crippen molar-refractivity contribution >= 4 is 11.6 Å². The zero-order valence-corrected chi connectivity index (χ0v) is 11.4. The van der Waals surface area contributed by atoms with Crippen LogP contribution >= 0.6 is 0 Å². The number of aliphatic hydroxyl groups excluding tert-OH is 1. The number of carbonyl (C=O) groups excluding carboxylic acids is 1. The molecule has 1 aliphatic heterocycles. The van der Waals surface area contributed by atoms with Crippen molar-refractivity contribution in [2.75, 3.05) is 25.0 Å². The Morgan fingerprint density at radius 2 is 1.81 bits per heavy atom. The molecule has 0 spiro atoms. The Hall–Kier alpha value is -1.60. The first kappa shape index (κ1) is 15.8. The first-order chi connectivity index (χ1) is 9.84.